The molecule has 0 radical (unpaired) electrons. The third kappa shape index (κ3) is 4.64. The molecule has 4 heteroatoms. The van der Waals surface area contributed by atoms with E-state index in [1.807, 2.05) is 18.2 Å². The second-order valence-electron chi connectivity index (χ2n) is 3.65. The first-order chi connectivity index (χ1) is 7.74. The van der Waals surface area contributed by atoms with Gasteiger partial charge in [-0.25, -0.2) is 0 Å². The van der Waals surface area contributed by atoms with Crippen molar-refractivity contribution in [3.05, 3.63) is 35.9 Å². The van der Waals surface area contributed by atoms with Crippen LogP contribution in [0.3, 0.4) is 0 Å². The molecular formula is C12H18ClN2O+. The van der Waals surface area contributed by atoms with Gasteiger partial charge in [-0.3, -0.25) is 4.79 Å². The number of carbonyl (C=O) groups is 1. The van der Waals surface area contributed by atoms with Crippen LogP contribution in [0.4, 0.5) is 0 Å². The zero-order chi connectivity index (χ0) is 11.8. The first-order valence-corrected chi connectivity index (χ1v) is 5.94. The SMILES string of the molecule is [NH3+]CC(Cl)CCCNC(=O)c1ccccc1. The third-order valence-corrected chi connectivity index (χ3v) is 2.77. The number of hydrogen-bond donors (Lipinski definition) is 2. The lowest BCUT2D eigenvalue weighted by molar-refractivity contribution is -0.367. The molecule has 1 unspecified atom stereocenters. The van der Waals surface area contributed by atoms with E-state index >= 15 is 0 Å². The van der Waals surface area contributed by atoms with Crippen LogP contribution in [0.1, 0.15) is 23.2 Å². The summed E-state index contributed by atoms with van der Waals surface area (Å²) in [6.45, 7) is 1.39. The fraction of sp³-hybridized carbons (Fsp3) is 0.417. The van der Waals surface area contributed by atoms with Gasteiger partial charge in [0.1, 0.15) is 0 Å². The number of hydrogen-bond acceptors (Lipinski definition) is 1. The number of amides is 1. The summed E-state index contributed by atoms with van der Waals surface area (Å²) in [5, 5.41) is 2.98. The molecule has 0 fully saturated rings. The molecule has 4 N–H and O–H groups in total. The maximum absolute atomic E-state index is 11.6. The van der Waals surface area contributed by atoms with Gasteiger partial charge < -0.3 is 11.1 Å². The first kappa shape index (κ1) is 13.0. The largest absolute Gasteiger partial charge is 0.356 e. The van der Waals surface area contributed by atoms with E-state index in [4.69, 9.17) is 11.6 Å². The molecule has 3 nitrogen and oxygen atoms in total. The summed E-state index contributed by atoms with van der Waals surface area (Å²) in [5.41, 5.74) is 4.42. The van der Waals surface area contributed by atoms with Crippen LogP contribution >= 0.6 is 11.6 Å². The van der Waals surface area contributed by atoms with Crippen molar-refractivity contribution in [1.29, 1.82) is 0 Å². The molecule has 1 amide bonds. The van der Waals surface area contributed by atoms with Gasteiger partial charge >= 0.3 is 0 Å². The summed E-state index contributed by atoms with van der Waals surface area (Å²) >= 11 is 5.92. The lowest BCUT2D eigenvalue weighted by Crippen LogP contribution is -2.54. The van der Waals surface area contributed by atoms with E-state index in [0.717, 1.165) is 19.4 Å². The second-order valence-corrected chi connectivity index (χ2v) is 4.27. The monoisotopic (exact) mass is 241 g/mol. The van der Waals surface area contributed by atoms with Crippen molar-refractivity contribution < 1.29 is 10.5 Å². The summed E-state index contributed by atoms with van der Waals surface area (Å²) in [5.74, 6) is -0.0265. The van der Waals surface area contributed by atoms with E-state index in [-0.39, 0.29) is 11.3 Å². The predicted octanol–water partition coefficient (Wildman–Crippen LogP) is 1.05. The van der Waals surface area contributed by atoms with E-state index in [1.165, 1.54) is 0 Å². The lowest BCUT2D eigenvalue weighted by atomic mass is 10.2. The van der Waals surface area contributed by atoms with Gasteiger partial charge in [0, 0.05) is 12.1 Å². The van der Waals surface area contributed by atoms with Crippen molar-refractivity contribution in [1.82, 2.24) is 5.32 Å². The van der Waals surface area contributed by atoms with Gasteiger partial charge in [0.15, 0.2) is 0 Å². The Hall–Kier alpha value is -1.06. The predicted molar refractivity (Wildman–Crippen MR) is 65.4 cm³/mol. The van der Waals surface area contributed by atoms with E-state index < -0.39 is 0 Å². The Kier molecular flexibility index (Phi) is 5.90. The molecule has 0 heterocycles. The number of rotatable bonds is 6. The molecule has 0 spiro atoms. The van der Waals surface area contributed by atoms with Crippen LogP contribution in [0, 0.1) is 0 Å². The highest BCUT2D eigenvalue weighted by Crippen LogP contribution is 2.02. The number of halogens is 1. The molecule has 16 heavy (non-hydrogen) atoms. The normalized spacial score (nSPS) is 12.1. The Morgan fingerprint density at radius 3 is 2.69 bits per heavy atom. The van der Waals surface area contributed by atoms with Crippen molar-refractivity contribution >= 4 is 17.5 Å². The van der Waals surface area contributed by atoms with Crippen LogP contribution in [-0.4, -0.2) is 24.4 Å². The van der Waals surface area contributed by atoms with Crippen LogP contribution < -0.4 is 11.1 Å². The van der Waals surface area contributed by atoms with Crippen LogP contribution in [0.2, 0.25) is 0 Å². The summed E-state index contributed by atoms with van der Waals surface area (Å²) in [7, 11) is 0. The third-order valence-electron chi connectivity index (χ3n) is 2.33. The number of carbonyl (C=O) groups excluding carboxylic acids is 1. The Morgan fingerprint density at radius 1 is 1.38 bits per heavy atom. The van der Waals surface area contributed by atoms with Crippen molar-refractivity contribution in [2.45, 2.75) is 18.2 Å². The molecule has 0 aliphatic carbocycles. The minimum absolute atomic E-state index is 0.0265. The maximum atomic E-state index is 11.6. The van der Waals surface area contributed by atoms with E-state index in [0.29, 0.717) is 12.1 Å². The average molecular weight is 242 g/mol. The highest BCUT2D eigenvalue weighted by Gasteiger charge is 2.05. The van der Waals surface area contributed by atoms with Crippen LogP contribution in [0.15, 0.2) is 30.3 Å². The molecule has 88 valence electrons. The Morgan fingerprint density at radius 2 is 2.06 bits per heavy atom. The fourth-order valence-electron chi connectivity index (χ4n) is 1.36. The highest BCUT2D eigenvalue weighted by atomic mass is 35.5. The quantitative estimate of drug-likeness (QED) is 0.568. The molecule has 0 saturated heterocycles. The van der Waals surface area contributed by atoms with E-state index in [9.17, 15) is 4.79 Å². The number of benzene rings is 1. The average Bonchev–Trinajstić information content (AvgIpc) is 2.35. The highest BCUT2D eigenvalue weighted by molar-refractivity contribution is 6.20. The van der Waals surface area contributed by atoms with Crippen molar-refractivity contribution in [2.24, 2.45) is 0 Å². The van der Waals surface area contributed by atoms with E-state index in [2.05, 4.69) is 11.1 Å². The van der Waals surface area contributed by atoms with Crippen molar-refractivity contribution in [3.8, 4) is 0 Å². The Bertz CT molecular complexity index is 316. The summed E-state index contributed by atoms with van der Waals surface area (Å²) in [4.78, 5) is 11.6. The van der Waals surface area contributed by atoms with E-state index in [1.54, 1.807) is 12.1 Å². The van der Waals surface area contributed by atoms with Gasteiger partial charge in [0.05, 0.1) is 11.9 Å². The standard InChI is InChI=1S/C12H17ClN2O/c13-11(9-14)7-4-8-15-12(16)10-5-2-1-3-6-10/h1-3,5-6,11H,4,7-9,14H2,(H,15,16)/p+1. The molecule has 1 atom stereocenters. The number of alkyl halides is 1. The lowest BCUT2D eigenvalue weighted by Gasteiger charge is -2.06. The molecule has 1 aromatic rings. The summed E-state index contributed by atoms with van der Waals surface area (Å²) in [6.07, 6.45) is 1.78. The summed E-state index contributed by atoms with van der Waals surface area (Å²) < 4.78 is 0. The molecule has 0 aliphatic rings. The van der Waals surface area contributed by atoms with Crippen LogP contribution in [0.25, 0.3) is 0 Å². The summed E-state index contributed by atoms with van der Waals surface area (Å²) in [6, 6.07) is 9.20. The molecule has 0 aliphatic heterocycles. The van der Waals surface area contributed by atoms with Crippen LogP contribution in [-0.2, 0) is 0 Å². The molecule has 0 saturated carbocycles. The Balaban J connectivity index is 2.21. The zero-order valence-electron chi connectivity index (χ0n) is 9.29. The molecule has 1 aromatic carbocycles. The van der Waals surface area contributed by atoms with Crippen molar-refractivity contribution in [2.75, 3.05) is 13.1 Å². The van der Waals surface area contributed by atoms with Gasteiger partial charge in [-0.1, -0.05) is 18.2 Å². The smallest absolute Gasteiger partial charge is 0.251 e. The minimum atomic E-state index is -0.0265. The van der Waals surface area contributed by atoms with Gasteiger partial charge in [-0.15, -0.1) is 11.6 Å². The molecule has 0 bridgehead atoms. The van der Waals surface area contributed by atoms with Gasteiger partial charge in [0.2, 0.25) is 0 Å². The number of quaternary nitrogens is 1. The second kappa shape index (κ2) is 7.25. The van der Waals surface area contributed by atoms with Crippen molar-refractivity contribution in [3.63, 3.8) is 0 Å². The van der Waals surface area contributed by atoms with Gasteiger partial charge in [-0.05, 0) is 25.0 Å². The topological polar surface area (TPSA) is 56.7 Å². The Labute approximate surface area is 101 Å². The molecule has 0 aromatic heterocycles. The number of nitrogens with one attached hydrogen (secondary N) is 1. The van der Waals surface area contributed by atoms with Gasteiger partial charge in [0.25, 0.3) is 5.91 Å². The maximum Gasteiger partial charge on any atom is 0.251 e. The molecule has 1 rings (SSSR count). The fourth-order valence-corrected chi connectivity index (χ4v) is 1.52. The van der Waals surface area contributed by atoms with Gasteiger partial charge in [-0.2, -0.15) is 0 Å². The first-order valence-electron chi connectivity index (χ1n) is 5.50. The minimum Gasteiger partial charge on any atom is -0.356 e. The zero-order valence-corrected chi connectivity index (χ0v) is 10.0. The van der Waals surface area contributed by atoms with Crippen LogP contribution in [0.5, 0.6) is 0 Å². The molecular weight excluding hydrogens is 224 g/mol.